The van der Waals surface area contributed by atoms with Gasteiger partial charge in [0, 0.05) is 19.3 Å². The molecule has 0 saturated carbocycles. The number of alkyl halides is 1. The topological polar surface area (TPSA) is 230 Å². The zero-order chi connectivity index (χ0) is 35.3. The zero-order valence-electron chi connectivity index (χ0n) is 25.9. The van der Waals surface area contributed by atoms with E-state index in [2.05, 4.69) is 44.4 Å². The molecular formula is C26H33FN8O10P2S3. The first-order valence-corrected chi connectivity index (χ1v) is 21.7. The molecule has 0 aliphatic carbocycles. The number of nitrogens with two attached hydrogens (primary N) is 1. The molecular weight excluding hydrogens is 761 g/mol. The second-order valence-corrected chi connectivity index (χ2v) is 17.5. The van der Waals surface area contributed by atoms with Crippen molar-refractivity contribution in [3.05, 3.63) is 41.1 Å². The molecule has 50 heavy (non-hydrogen) atoms. The van der Waals surface area contributed by atoms with Crippen LogP contribution < -0.4 is 11.3 Å². The fourth-order valence-electron chi connectivity index (χ4n) is 6.35. The Morgan fingerprint density at radius 3 is 2.70 bits per heavy atom. The van der Waals surface area contributed by atoms with Crippen molar-refractivity contribution in [1.82, 2.24) is 33.6 Å². The van der Waals surface area contributed by atoms with Gasteiger partial charge < -0.3 is 34.5 Å². The summed E-state index contributed by atoms with van der Waals surface area (Å²) in [6.07, 6.45) is -4.11. The predicted molar refractivity (Wildman–Crippen MR) is 184 cm³/mol. The minimum atomic E-state index is -4.43. The van der Waals surface area contributed by atoms with E-state index in [9.17, 15) is 24.1 Å². The third-order valence-electron chi connectivity index (χ3n) is 8.60. The second-order valence-electron chi connectivity index (χ2n) is 11.7. The van der Waals surface area contributed by atoms with E-state index in [0.717, 1.165) is 34.6 Å². The molecule has 7 rings (SSSR count). The van der Waals surface area contributed by atoms with E-state index in [1.165, 1.54) is 32.7 Å². The van der Waals surface area contributed by atoms with Gasteiger partial charge in [-0.1, -0.05) is 24.5 Å². The lowest BCUT2D eigenvalue weighted by Crippen LogP contribution is -2.35. The van der Waals surface area contributed by atoms with Crippen molar-refractivity contribution in [2.75, 3.05) is 25.5 Å². The Balaban J connectivity index is 1.07. The van der Waals surface area contributed by atoms with Gasteiger partial charge in [0.15, 0.2) is 29.8 Å². The van der Waals surface area contributed by atoms with Crippen LogP contribution in [0.5, 0.6) is 0 Å². The zero-order valence-corrected chi connectivity index (χ0v) is 30.4. The third-order valence-corrected chi connectivity index (χ3v) is 12.1. The number of nitrogens with zero attached hydrogens (tertiary/aromatic N) is 7. The van der Waals surface area contributed by atoms with Crippen LogP contribution in [0.4, 0.5) is 4.39 Å². The van der Waals surface area contributed by atoms with Crippen LogP contribution in [-0.4, -0.2) is 106 Å². The quantitative estimate of drug-likeness (QED) is 0.0780. The molecule has 4 aromatic heterocycles. The lowest BCUT2D eigenvalue weighted by molar-refractivity contribution is -0.0511. The van der Waals surface area contributed by atoms with Crippen molar-refractivity contribution in [3.8, 4) is 0 Å². The van der Waals surface area contributed by atoms with Gasteiger partial charge in [0.1, 0.15) is 53.8 Å². The molecule has 0 bridgehead atoms. The van der Waals surface area contributed by atoms with E-state index >= 15 is 4.39 Å². The van der Waals surface area contributed by atoms with E-state index < -0.39 is 81.9 Å². The van der Waals surface area contributed by atoms with E-state index in [4.69, 9.17) is 28.8 Å². The van der Waals surface area contributed by atoms with Gasteiger partial charge in [-0.3, -0.25) is 27.5 Å². The van der Waals surface area contributed by atoms with Crippen LogP contribution in [0.2, 0.25) is 0 Å². The summed E-state index contributed by atoms with van der Waals surface area (Å²) in [5.74, 6) is 0.884. The van der Waals surface area contributed by atoms with Crippen LogP contribution in [0.3, 0.4) is 0 Å². The molecule has 2 unspecified atom stereocenters. The normalized spacial score (nSPS) is 30.2. The number of ether oxygens (including phenoxy) is 2. The molecule has 0 radical (unpaired) electrons. The molecule has 4 N–H and O–H groups in total. The Bertz CT molecular complexity index is 2020. The monoisotopic (exact) mass is 794 g/mol. The van der Waals surface area contributed by atoms with Gasteiger partial charge in [-0.2, -0.15) is 0 Å². The number of aromatic nitrogens is 7. The molecule has 0 amide bonds. The maximum absolute atomic E-state index is 16.2. The standard InChI is InChI=1S/C26H33FN8O10P2S3/c27-16-19(13(7-36)42-25(16)34-6-12-2-1-5-50-23-15(12)21(34)29-9-30-23)45-47(40,49)41-8-14-18(37)20(44-46(39)48)26(43-14)35-11-31-17-22(35)32-10-33(4-3-28)24(17)38/h6,9-11,13-14,16,18-20,25-26,36-37,46H,1-5,7-8,28H2,(H,39,48)(H,40,49)/t13-,14-,16-,18-,19-,20-,25-,26-,47?/m1/s1. The number of aliphatic hydroxyl groups excluding tert-OH is 2. The Hall–Kier alpha value is -1.91. The van der Waals surface area contributed by atoms with Crippen LogP contribution in [0.15, 0.2) is 35.0 Å². The molecule has 4 aromatic rings. The number of rotatable bonds is 12. The number of halogens is 1. The average Bonchev–Trinajstić information content (AvgIpc) is 3.79. The van der Waals surface area contributed by atoms with Gasteiger partial charge in [-0.15, -0.1) is 11.8 Å². The summed E-state index contributed by atoms with van der Waals surface area (Å²) in [7, 11) is -2.94. The van der Waals surface area contributed by atoms with E-state index in [-0.39, 0.29) is 24.3 Å². The van der Waals surface area contributed by atoms with Gasteiger partial charge in [-0.05, 0) is 24.2 Å². The molecule has 3 aliphatic heterocycles. The molecule has 0 aromatic carbocycles. The molecule has 18 nitrogen and oxygen atoms in total. The summed E-state index contributed by atoms with van der Waals surface area (Å²) < 4.78 is 74.0. The highest BCUT2D eigenvalue weighted by molar-refractivity contribution is 8.44. The largest absolute Gasteiger partial charge is 0.394 e. The Morgan fingerprint density at radius 1 is 1.14 bits per heavy atom. The summed E-state index contributed by atoms with van der Waals surface area (Å²) >= 11 is 9.46. The van der Waals surface area contributed by atoms with Crippen LogP contribution >= 0.6 is 50.3 Å². The van der Waals surface area contributed by atoms with Crippen molar-refractivity contribution in [1.29, 1.82) is 0 Å². The molecule has 2 saturated heterocycles. The van der Waals surface area contributed by atoms with E-state index in [0.29, 0.717) is 5.65 Å². The fraction of sp³-hybridized carbons (Fsp3) is 0.577. The van der Waals surface area contributed by atoms with Crippen molar-refractivity contribution < 1.29 is 46.8 Å². The predicted octanol–water partition coefficient (Wildman–Crippen LogP) is 1.67. The Labute approximate surface area is 297 Å². The summed E-state index contributed by atoms with van der Waals surface area (Å²) in [5, 5.41) is 22.8. The maximum atomic E-state index is 16.2. The van der Waals surface area contributed by atoms with Crippen molar-refractivity contribution in [2.24, 2.45) is 5.73 Å². The first-order valence-electron chi connectivity index (χ1n) is 15.4. The molecule has 7 heterocycles. The molecule has 0 spiro atoms. The SMILES string of the molecule is NCCn1cnc2c(ncn2[C@@H]2O[C@H](COP(=O)(S)O[C@H]3[C@@H](F)[C@H](n4cc5c6c(ncnc64)SCCC5)O[C@@H]3CO)[C@@H](O)[C@H]2O[PH](=O)S)c1=O. The first-order chi connectivity index (χ1) is 24.0. The number of hydrogen-bond donors (Lipinski definition) is 5. The Morgan fingerprint density at radius 2 is 1.94 bits per heavy atom. The number of thioether (sulfide) groups is 1. The summed E-state index contributed by atoms with van der Waals surface area (Å²) in [6.45, 7) is -5.31. The molecule has 272 valence electrons. The summed E-state index contributed by atoms with van der Waals surface area (Å²) in [5.41, 5.74) is 6.56. The Kier molecular flexibility index (Phi) is 10.8. The molecule has 24 heteroatoms. The van der Waals surface area contributed by atoms with Gasteiger partial charge in [-0.25, -0.2) is 28.9 Å². The van der Waals surface area contributed by atoms with Crippen LogP contribution in [0.25, 0.3) is 22.2 Å². The highest BCUT2D eigenvalue weighted by atomic mass is 32.7. The number of aryl methyl sites for hydroxylation is 1. The van der Waals surface area contributed by atoms with Crippen molar-refractivity contribution in [2.45, 2.75) is 73.6 Å². The number of hydrogen-bond acceptors (Lipinski definition) is 16. The van der Waals surface area contributed by atoms with Crippen LogP contribution in [0, 0.1) is 0 Å². The summed E-state index contributed by atoms with van der Waals surface area (Å²) in [6, 6.07) is 0. The maximum Gasteiger partial charge on any atom is 0.386 e. The minimum Gasteiger partial charge on any atom is -0.394 e. The molecule has 3 aliphatic rings. The van der Waals surface area contributed by atoms with Gasteiger partial charge in [0.25, 0.3) is 5.56 Å². The number of aliphatic hydroxyl groups is 2. The second kappa shape index (κ2) is 14.8. The first kappa shape index (κ1) is 36.4. The van der Waals surface area contributed by atoms with Crippen LogP contribution in [0.1, 0.15) is 24.4 Å². The molecule has 2 fully saturated rings. The van der Waals surface area contributed by atoms with Gasteiger partial charge >= 0.3 is 6.80 Å². The van der Waals surface area contributed by atoms with Gasteiger partial charge in [0.05, 0.1) is 24.9 Å². The van der Waals surface area contributed by atoms with Crippen molar-refractivity contribution in [3.63, 3.8) is 0 Å². The van der Waals surface area contributed by atoms with E-state index in [1.54, 1.807) is 18.0 Å². The number of thiol groups is 2. The fourth-order valence-corrected chi connectivity index (χ4v) is 9.66. The average molecular weight is 795 g/mol. The summed E-state index contributed by atoms with van der Waals surface area (Å²) in [4.78, 5) is 30.0. The van der Waals surface area contributed by atoms with Crippen LogP contribution in [-0.2, 0) is 45.1 Å². The highest BCUT2D eigenvalue weighted by Gasteiger charge is 2.51. The number of fused-ring (bicyclic) bond motifs is 1. The van der Waals surface area contributed by atoms with E-state index in [1.807, 2.05) is 0 Å². The highest BCUT2D eigenvalue weighted by Crippen LogP contribution is 2.57. The minimum absolute atomic E-state index is 0.0142. The lowest BCUT2D eigenvalue weighted by atomic mass is 10.1. The van der Waals surface area contributed by atoms with Gasteiger partial charge in [0.2, 0.25) is 7.23 Å². The smallest absolute Gasteiger partial charge is 0.386 e. The lowest BCUT2D eigenvalue weighted by Gasteiger charge is -2.23. The number of imidazole rings is 1. The molecule has 10 atom stereocenters. The third kappa shape index (κ3) is 6.83. The van der Waals surface area contributed by atoms with Crippen molar-refractivity contribution >= 4 is 72.5 Å².